The van der Waals surface area contributed by atoms with E-state index in [1.165, 1.54) is 13.2 Å². The zero-order chi connectivity index (χ0) is 23.8. The van der Waals surface area contributed by atoms with Crippen LogP contribution in [0.25, 0.3) is 22.1 Å². The second kappa shape index (κ2) is 8.73. The van der Waals surface area contributed by atoms with E-state index < -0.39 is 24.2 Å². The number of fused-ring (bicyclic) bond motifs is 3. The highest BCUT2D eigenvalue weighted by atomic mass is 19.4. The number of rotatable bonds is 5. The molecule has 3 aromatic heterocycles. The highest BCUT2D eigenvalue weighted by Gasteiger charge is 2.45. The number of ether oxygens (including phenoxy) is 1. The van der Waals surface area contributed by atoms with E-state index in [9.17, 15) is 22.8 Å². The zero-order valence-electron chi connectivity index (χ0n) is 17.6. The Morgan fingerprint density at radius 1 is 1.36 bits per heavy atom. The molecular weight excluding hydrogens is 441 g/mol. The Labute approximate surface area is 185 Å². The van der Waals surface area contributed by atoms with E-state index in [1.807, 2.05) is 0 Å². The zero-order valence-corrected chi connectivity index (χ0v) is 17.6. The van der Waals surface area contributed by atoms with E-state index >= 15 is 0 Å². The van der Waals surface area contributed by atoms with Crippen molar-refractivity contribution in [3.05, 3.63) is 24.3 Å². The van der Waals surface area contributed by atoms with Gasteiger partial charge in [-0.15, -0.1) is 0 Å². The van der Waals surface area contributed by atoms with Crippen molar-refractivity contribution in [2.24, 2.45) is 5.92 Å². The highest BCUT2D eigenvalue weighted by Crippen LogP contribution is 2.39. The Morgan fingerprint density at radius 3 is 2.73 bits per heavy atom. The van der Waals surface area contributed by atoms with Gasteiger partial charge in [0.05, 0.1) is 17.8 Å². The number of nitriles is 1. The van der Waals surface area contributed by atoms with Crippen LogP contribution in [0.1, 0.15) is 50.1 Å². The first-order valence-corrected chi connectivity index (χ1v) is 10.4. The molecular formula is C21H21F3N6O3. The van der Waals surface area contributed by atoms with Gasteiger partial charge in [0.2, 0.25) is 6.10 Å². The van der Waals surface area contributed by atoms with Gasteiger partial charge in [-0.3, -0.25) is 4.79 Å². The van der Waals surface area contributed by atoms with Crippen LogP contribution in [-0.2, 0) is 14.3 Å². The number of hydrogen-bond acceptors (Lipinski definition) is 6. The number of esters is 1. The Balaban J connectivity index is 1.86. The van der Waals surface area contributed by atoms with Crippen LogP contribution in [0.4, 0.5) is 13.2 Å². The summed E-state index contributed by atoms with van der Waals surface area (Å²) in [5.41, 5.74) is 1.52. The third-order valence-corrected chi connectivity index (χ3v) is 6.00. The Bertz CT molecular complexity index is 1230. The summed E-state index contributed by atoms with van der Waals surface area (Å²) in [4.78, 5) is 35.9. The molecule has 12 heteroatoms. The van der Waals surface area contributed by atoms with Crippen LogP contribution in [0.5, 0.6) is 0 Å². The van der Waals surface area contributed by atoms with Gasteiger partial charge in [0.25, 0.3) is 5.91 Å². The van der Waals surface area contributed by atoms with Gasteiger partial charge >= 0.3 is 12.1 Å². The number of nitrogens with one attached hydrogen (secondary N) is 2. The molecule has 0 aliphatic heterocycles. The number of aromatic amines is 1. The Kier molecular flexibility index (Phi) is 5.97. The first-order valence-electron chi connectivity index (χ1n) is 10.4. The molecule has 9 nitrogen and oxygen atoms in total. The third kappa shape index (κ3) is 4.22. The van der Waals surface area contributed by atoms with Gasteiger partial charge in [0.15, 0.2) is 5.82 Å². The number of aromatic nitrogens is 4. The number of likely N-dealkylation sites (N-methyl/N-ethyl adjacent to an activating group) is 1. The van der Waals surface area contributed by atoms with Crippen molar-refractivity contribution in [3.8, 4) is 6.07 Å². The number of H-pyrrole nitrogens is 1. The second-order valence-corrected chi connectivity index (χ2v) is 8.01. The van der Waals surface area contributed by atoms with Gasteiger partial charge in [-0.1, -0.05) is 0 Å². The number of carbonyl (C=O) groups is 2. The molecule has 0 aromatic carbocycles. The van der Waals surface area contributed by atoms with Gasteiger partial charge in [-0.25, -0.2) is 14.8 Å². The summed E-state index contributed by atoms with van der Waals surface area (Å²) in [5.74, 6) is -3.27. The van der Waals surface area contributed by atoms with Crippen LogP contribution >= 0.6 is 0 Å². The maximum Gasteiger partial charge on any atom is 0.490 e. The van der Waals surface area contributed by atoms with Crippen molar-refractivity contribution < 1.29 is 27.5 Å². The van der Waals surface area contributed by atoms with Crippen molar-refractivity contribution in [1.82, 2.24) is 24.8 Å². The molecule has 0 spiro atoms. The fourth-order valence-electron chi connectivity index (χ4n) is 4.43. The number of amides is 1. The average Bonchev–Trinajstić information content (AvgIpc) is 3.41. The van der Waals surface area contributed by atoms with Crippen LogP contribution in [0.3, 0.4) is 0 Å². The molecule has 1 amide bonds. The fourth-order valence-corrected chi connectivity index (χ4v) is 4.43. The quantitative estimate of drug-likeness (QED) is 0.560. The summed E-state index contributed by atoms with van der Waals surface area (Å²) in [7, 11) is 1.24. The average molecular weight is 462 g/mol. The molecule has 1 fully saturated rings. The minimum absolute atomic E-state index is 0.0961. The topological polar surface area (TPSA) is 126 Å². The van der Waals surface area contributed by atoms with Crippen molar-refractivity contribution in [2.75, 3.05) is 7.05 Å². The van der Waals surface area contributed by atoms with Crippen molar-refractivity contribution in [3.63, 3.8) is 0 Å². The second-order valence-electron chi connectivity index (χ2n) is 8.01. The Hall–Kier alpha value is -3.62. The standard InChI is InChI=1S/C21H21F3N6O3/c1-26-19(31)16(33-20(32)21(22,23)24)18-29-14-10-28-17-13(7-9-27-17)15(14)30(18)12-4-2-11(3-5-12)6-8-25/h7,9-12,16H,2-6H2,1H3,(H,26,31)(H,27,28). The summed E-state index contributed by atoms with van der Waals surface area (Å²) in [6.45, 7) is 0. The van der Waals surface area contributed by atoms with E-state index in [2.05, 4.69) is 31.1 Å². The van der Waals surface area contributed by atoms with E-state index in [1.54, 1.807) is 16.8 Å². The maximum absolute atomic E-state index is 13.0. The van der Waals surface area contributed by atoms with Gasteiger partial charge < -0.3 is 19.6 Å². The lowest BCUT2D eigenvalue weighted by atomic mass is 9.84. The lowest BCUT2D eigenvalue weighted by molar-refractivity contribution is -0.206. The summed E-state index contributed by atoms with van der Waals surface area (Å²) in [5, 5.41) is 11.9. The molecule has 4 rings (SSSR count). The number of hydrogen-bond donors (Lipinski definition) is 2. The van der Waals surface area contributed by atoms with Crippen molar-refractivity contribution in [1.29, 1.82) is 5.26 Å². The van der Waals surface area contributed by atoms with E-state index in [-0.39, 0.29) is 17.8 Å². The molecule has 33 heavy (non-hydrogen) atoms. The van der Waals surface area contributed by atoms with E-state index in [4.69, 9.17) is 5.26 Å². The predicted molar refractivity (Wildman–Crippen MR) is 110 cm³/mol. The van der Waals surface area contributed by atoms with Crippen LogP contribution in [0, 0.1) is 17.2 Å². The molecule has 1 saturated carbocycles. The lowest BCUT2D eigenvalue weighted by Gasteiger charge is -2.31. The molecule has 1 aliphatic carbocycles. The third-order valence-electron chi connectivity index (χ3n) is 6.00. The summed E-state index contributed by atoms with van der Waals surface area (Å²) in [6, 6.07) is 3.73. The smallest absolute Gasteiger partial charge is 0.437 e. The molecule has 0 radical (unpaired) electrons. The maximum atomic E-state index is 13.0. The van der Waals surface area contributed by atoms with Crippen LogP contribution in [0.15, 0.2) is 18.5 Å². The molecule has 1 unspecified atom stereocenters. The van der Waals surface area contributed by atoms with Gasteiger partial charge in [-0.05, 0) is 37.7 Å². The fraction of sp³-hybridized carbons (Fsp3) is 0.476. The van der Waals surface area contributed by atoms with Crippen LogP contribution in [0.2, 0.25) is 0 Å². The molecule has 0 saturated heterocycles. The Morgan fingerprint density at radius 2 is 2.09 bits per heavy atom. The van der Waals surface area contributed by atoms with Gasteiger partial charge in [0.1, 0.15) is 11.2 Å². The molecule has 1 aliphatic rings. The molecule has 0 bridgehead atoms. The number of pyridine rings is 1. The molecule has 2 N–H and O–H groups in total. The highest BCUT2D eigenvalue weighted by molar-refractivity contribution is 6.01. The molecule has 174 valence electrons. The monoisotopic (exact) mass is 462 g/mol. The molecule has 1 atom stereocenters. The largest absolute Gasteiger partial charge is 0.490 e. The van der Waals surface area contributed by atoms with Gasteiger partial charge in [-0.2, -0.15) is 18.4 Å². The predicted octanol–water partition coefficient (Wildman–Crippen LogP) is 3.45. The summed E-state index contributed by atoms with van der Waals surface area (Å²) >= 11 is 0. The first kappa shape index (κ1) is 22.6. The SMILES string of the molecule is CNC(=O)C(OC(=O)C(F)(F)F)c1nc2cnc3[nH]ccc3c2n1C1CCC(CC#N)CC1. The molecule has 3 aromatic rings. The number of carbonyl (C=O) groups excluding carboxylic acids is 2. The minimum Gasteiger partial charge on any atom is -0.437 e. The number of nitrogens with zero attached hydrogens (tertiary/aromatic N) is 4. The van der Waals surface area contributed by atoms with Crippen molar-refractivity contribution >= 4 is 33.9 Å². The number of alkyl halides is 3. The van der Waals surface area contributed by atoms with E-state index in [0.717, 1.165) is 12.8 Å². The van der Waals surface area contributed by atoms with Crippen LogP contribution < -0.4 is 5.32 Å². The molecule has 3 heterocycles. The number of halogens is 3. The first-order chi connectivity index (χ1) is 15.7. The van der Waals surface area contributed by atoms with E-state index in [0.29, 0.717) is 41.3 Å². The van der Waals surface area contributed by atoms with Crippen molar-refractivity contribution in [2.45, 2.75) is 50.4 Å². The lowest BCUT2D eigenvalue weighted by Crippen LogP contribution is -2.36. The number of imidazole rings is 1. The van der Waals surface area contributed by atoms with Crippen LogP contribution in [-0.4, -0.2) is 44.6 Å². The normalized spacial score (nSPS) is 19.8. The summed E-state index contributed by atoms with van der Waals surface area (Å²) < 4.78 is 45.2. The minimum atomic E-state index is -5.27. The summed E-state index contributed by atoms with van der Waals surface area (Å²) in [6.07, 6.45) is -0.854. The van der Waals surface area contributed by atoms with Gasteiger partial charge in [0, 0.05) is 31.1 Å².